The van der Waals surface area contributed by atoms with Gasteiger partial charge in [-0.25, -0.2) is 4.68 Å². The first kappa shape index (κ1) is 15.8. The molecule has 10 heteroatoms. The van der Waals surface area contributed by atoms with E-state index < -0.39 is 0 Å². The van der Waals surface area contributed by atoms with Crippen molar-refractivity contribution in [1.82, 2.24) is 29.6 Å². The van der Waals surface area contributed by atoms with Crippen molar-refractivity contribution < 1.29 is 0 Å². The van der Waals surface area contributed by atoms with Crippen molar-refractivity contribution in [2.75, 3.05) is 36.0 Å². The standard InChI is InChI=1S/C15H17ClN8O/c1-10-18-19-12-3-4-13(20-24(10)12)23-7-5-22(6-8-23)11-9-17-21(2)15(25)14(11)16/h3-4,9H,5-8H2,1-2H3. The number of fused-ring (bicyclic) bond motifs is 1. The van der Waals surface area contributed by atoms with Crippen molar-refractivity contribution in [3.8, 4) is 0 Å². The molecule has 0 aliphatic carbocycles. The van der Waals surface area contributed by atoms with Crippen LogP contribution in [0.15, 0.2) is 23.1 Å². The van der Waals surface area contributed by atoms with Gasteiger partial charge >= 0.3 is 0 Å². The lowest BCUT2D eigenvalue weighted by atomic mass is 10.2. The lowest BCUT2D eigenvalue weighted by Gasteiger charge is -2.36. The minimum Gasteiger partial charge on any atom is -0.365 e. The van der Waals surface area contributed by atoms with Gasteiger partial charge in [0.15, 0.2) is 11.5 Å². The number of nitrogens with zero attached hydrogens (tertiary/aromatic N) is 8. The first-order chi connectivity index (χ1) is 12.0. The Labute approximate surface area is 148 Å². The van der Waals surface area contributed by atoms with Gasteiger partial charge in [0.2, 0.25) is 0 Å². The number of piperazine rings is 1. The summed E-state index contributed by atoms with van der Waals surface area (Å²) >= 11 is 6.20. The van der Waals surface area contributed by atoms with E-state index in [9.17, 15) is 4.79 Å². The monoisotopic (exact) mass is 360 g/mol. The van der Waals surface area contributed by atoms with E-state index in [1.165, 1.54) is 4.68 Å². The molecule has 0 spiro atoms. The Balaban J connectivity index is 1.53. The molecule has 4 heterocycles. The second-order valence-corrected chi connectivity index (χ2v) is 6.33. The zero-order chi connectivity index (χ0) is 17.6. The molecule has 9 nitrogen and oxygen atoms in total. The Kier molecular flexibility index (Phi) is 3.79. The third kappa shape index (κ3) is 2.70. The first-order valence-corrected chi connectivity index (χ1v) is 8.33. The molecular weight excluding hydrogens is 344 g/mol. The molecule has 0 atom stereocenters. The van der Waals surface area contributed by atoms with Gasteiger partial charge in [-0.2, -0.15) is 9.61 Å². The largest absolute Gasteiger partial charge is 0.365 e. The van der Waals surface area contributed by atoms with Crippen molar-refractivity contribution in [2.45, 2.75) is 6.92 Å². The third-order valence-electron chi connectivity index (χ3n) is 4.41. The number of halogens is 1. The Hall–Kier alpha value is -2.68. The van der Waals surface area contributed by atoms with E-state index in [2.05, 4.69) is 30.2 Å². The van der Waals surface area contributed by atoms with E-state index >= 15 is 0 Å². The van der Waals surface area contributed by atoms with Crippen LogP contribution in [-0.4, -0.2) is 55.8 Å². The van der Waals surface area contributed by atoms with Crippen LogP contribution in [0.2, 0.25) is 5.02 Å². The van der Waals surface area contributed by atoms with Crippen LogP contribution in [0.5, 0.6) is 0 Å². The van der Waals surface area contributed by atoms with Crippen LogP contribution in [0.25, 0.3) is 5.65 Å². The zero-order valence-electron chi connectivity index (χ0n) is 13.9. The van der Waals surface area contributed by atoms with Gasteiger partial charge in [0.1, 0.15) is 10.8 Å². The molecule has 1 aliphatic rings. The number of anilines is 2. The predicted octanol–water partition coefficient (Wildman–Crippen LogP) is 0.506. The molecule has 0 aromatic carbocycles. The number of hydrogen-bond donors (Lipinski definition) is 0. The quantitative estimate of drug-likeness (QED) is 0.658. The second-order valence-electron chi connectivity index (χ2n) is 5.96. The molecular formula is C15H17ClN8O. The van der Waals surface area contributed by atoms with Crippen LogP contribution < -0.4 is 15.4 Å². The lowest BCUT2D eigenvalue weighted by molar-refractivity contribution is 0.633. The highest BCUT2D eigenvalue weighted by molar-refractivity contribution is 6.33. The van der Waals surface area contributed by atoms with Crippen molar-refractivity contribution in [2.24, 2.45) is 7.05 Å². The summed E-state index contributed by atoms with van der Waals surface area (Å²) in [6.45, 7) is 4.88. The summed E-state index contributed by atoms with van der Waals surface area (Å²) < 4.78 is 2.98. The molecule has 3 aromatic rings. The van der Waals surface area contributed by atoms with E-state index in [1.807, 2.05) is 19.1 Å². The van der Waals surface area contributed by atoms with Gasteiger partial charge in [0, 0.05) is 33.2 Å². The number of aryl methyl sites for hydroxylation is 2. The van der Waals surface area contributed by atoms with Crippen LogP contribution in [0.3, 0.4) is 0 Å². The summed E-state index contributed by atoms with van der Waals surface area (Å²) in [5.74, 6) is 1.64. The number of rotatable bonds is 2. The van der Waals surface area contributed by atoms with Crippen molar-refractivity contribution in [3.05, 3.63) is 39.5 Å². The topological polar surface area (TPSA) is 84.5 Å². The predicted molar refractivity (Wildman–Crippen MR) is 94.4 cm³/mol. The molecule has 3 aromatic heterocycles. The van der Waals surface area contributed by atoms with Crippen molar-refractivity contribution in [3.63, 3.8) is 0 Å². The van der Waals surface area contributed by atoms with E-state index in [0.29, 0.717) is 5.69 Å². The minimum atomic E-state index is -0.281. The molecule has 1 fully saturated rings. The fraction of sp³-hybridized carbons (Fsp3) is 0.400. The van der Waals surface area contributed by atoms with Gasteiger partial charge in [-0.3, -0.25) is 4.79 Å². The van der Waals surface area contributed by atoms with E-state index in [4.69, 9.17) is 11.6 Å². The average molecular weight is 361 g/mol. The van der Waals surface area contributed by atoms with Crippen LogP contribution >= 0.6 is 11.6 Å². The molecule has 0 unspecified atom stereocenters. The summed E-state index contributed by atoms with van der Waals surface area (Å²) in [4.78, 5) is 16.2. The molecule has 0 saturated carbocycles. The number of hydrogen-bond acceptors (Lipinski definition) is 7. The van der Waals surface area contributed by atoms with Crippen molar-refractivity contribution in [1.29, 1.82) is 0 Å². The molecule has 25 heavy (non-hydrogen) atoms. The summed E-state index contributed by atoms with van der Waals surface area (Å²) in [6, 6.07) is 3.86. The van der Waals surface area contributed by atoms with Crippen LogP contribution in [0, 0.1) is 6.92 Å². The SMILES string of the molecule is Cc1nnc2ccc(N3CCN(c4cnn(C)c(=O)c4Cl)CC3)nn12. The Morgan fingerprint density at radius 1 is 1.08 bits per heavy atom. The molecule has 0 amide bonds. The molecule has 0 radical (unpaired) electrons. The Bertz CT molecular complexity index is 989. The maximum Gasteiger partial charge on any atom is 0.287 e. The van der Waals surface area contributed by atoms with E-state index in [-0.39, 0.29) is 10.6 Å². The normalized spacial score (nSPS) is 15.2. The minimum absolute atomic E-state index is 0.214. The first-order valence-electron chi connectivity index (χ1n) is 7.95. The highest BCUT2D eigenvalue weighted by Crippen LogP contribution is 2.23. The van der Waals surface area contributed by atoms with Gasteiger partial charge in [-0.1, -0.05) is 11.6 Å². The molecule has 1 aliphatic heterocycles. The molecule has 0 bridgehead atoms. The smallest absolute Gasteiger partial charge is 0.287 e. The van der Waals surface area contributed by atoms with Crippen LogP contribution in [0.4, 0.5) is 11.5 Å². The molecule has 0 N–H and O–H groups in total. The molecule has 4 rings (SSSR count). The summed E-state index contributed by atoms with van der Waals surface area (Å²) in [5, 5.41) is 17.0. The Morgan fingerprint density at radius 3 is 2.56 bits per heavy atom. The molecule has 130 valence electrons. The van der Waals surface area contributed by atoms with E-state index in [1.54, 1.807) is 17.8 Å². The molecule has 1 saturated heterocycles. The van der Waals surface area contributed by atoms with Gasteiger partial charge in [0.05, 0.1) is 11.9 Å². The Morgan fingerprint density at radius 2 is 1.80 bits per heavy atom. The van der Waals surface area contributed by atoms with Gasteiger partial charge < -0.3 is 9.80 Å². The van der Waals surface area contributed by atoms with Crippen LogP contribution in [0.1, 0.15) is 5.82 Å². The maximum absolute atomic E-state index is 12.0. The highest BCUT2D eigenvalue weighted by atomic mass is 35.5. The van der Waals surface area contributed by atoms with Crippen LogP contribution in [-0.2, 0) is 7.05 Å². The van der Waals surface area contributed by atoms with E-state index in [0.717, 1.165) is 43.5 Å². The fourth-order valence-electron chi connectivity index (χ4n) is 2.95. The average Bonchev–Trinajstić information content (AvgIpc) is 3.01. The summed E-state index contributed by atoms with van der Waals surface area (Å²) in [6.07, 6.45) is 1.64. The fourth-order valence-corrected chi connectivity index (χ4v) is 3.24. The van der Waals surface area contributed by atoms with Gasteiger partial charge in [-0.05, 0) is 19.1 Å². The van der Waals surface area contributed by atoms with Crippen molar-refractivity contribution >= 4 is 28.8 Å². The highest BCUT2D eigenvalue weighted by Gasteiger charge is 2.22. The zero-order valence-corrected chi connectivity index (χ0v) is 14.7. The lowest BCUT2D eigenvalue weighted by Crippen LogP contribution is -2.47. The third-order valence-corrected chi connectivity index (χ3v) is 4.76. The van der Waals surface area contributed by atoms with Gasteiger partial charge in [-0.15, -0.1) is 15.3 Å². The second kappa shape index (κ2) is 5.99. The summed E-state index contributed by atoms with van der Waals surface area (Å²) in [7, 11) is 1.59. The maximum atomic E-state index is 12.0. The number of aromatic nitrogens is 6. The summed E-state index contributed by atoms with van der Waals surface area (Å²) in [5.41, 5.74) is 1.14. The van der Waals surface area contributed by atoms with Gasteiger partial charge in [0.25, 0.3) is 5.56 Å².